The van der Waals surface area contributed by atoms with Gasteiger partial charge in [0.2, 0.25) is 0 Å². The molecule has 6 heteroatoms. The Hall–Kier alpha value is -1.56. The van der Waals surface area contributed by atoms with Gasteiger partial charge in [-0.25, -0.2) is 4.79 Å². The molecule has 1 rings (SSSR count). The van der Waals surface area contributed by atoms with Gasteiger partial charge in [-0.05, 0) is 13.8 Å². The Morgan fingerprint density at radius 1 is 1.61 bits per heavy atom. The molecule has 6 nitrogen and oxygen atoms in total. The zero-order valence-electron chi connectivity index (χ0n) is 11.0. The van der Waals surface area contributed by atoms with Crippen molar-refractivity contribution < 1.29 is 19.4 Å². The monoisotopic (exact) mass is 256 g/mol. The smallest absolute Gasteiger partial charge is 0.317 e. The molecule has 0 aromatic rings. The first-order chi connectivity index (χ1) is 8.27. The van der Waals surface area contributed by atoms with Crippen molar-refractivity contribution in [2.45, 2.75) is 19.9 Å². The van der Waals surface area contributed by atoms with Crippen LogP contribution in [0.5, 0.6) is 0 Å². The third-order valence-corrected chi connectivity index (χ3v) is 3.10. The number of nitrogens with zero attached hydrogens (tertiary/aromatic N) is 1. The third kappa shape index (κ3) is 3.01. The number of amides is 2. The first-order valence-corrected chi connectivity index (χ1v) is 5.74. The minimum Gasteiger partial charge on any atom is -0.481 e. The summed E-state index contributed by atoms with van der Waals surface area (Å²) in [5.74, 6) is -0.965. The molecule has 2 N–H and O–H groups in total. The molecule has 2 atom stereocenters. The minimum absolute atomic E-state index is 0.109. The molecule has 0 aromatic carbocycles. The standard InChI is InChI=1S/C12H20N2O4/c1-8(2)5-14(4)11(17)13-9-6-18-7-12(9,3)10(15)16/h9H,1,5-7H2,2-4H3,(H,13,17)(H,15,16). The van der Waals surface area contributed by atoms with Gasteiger partial charge in [0.05, 0.1) is 19.3 Å². The van der Waals surface area contributed by atoms with Gasteiger partial charge in [-0.1, -0.05) is 12.2 Å². The van der Waals surface area contributed by atoms with E-state index in [1.807, 2.05) is 6.92 Å². The lowest BCUT2D eigenvalue weighted by atomic mass is 9.85. The Kier molecular flexibility index (Phi) is 4.34. The summed E-state index contributed by atoms with van der Waals surface area (Å²) in [6.45, 7) is 7.88. The molecule has 0 radical (unpaired) electrons. The summed E-state index contributed by atoms with van der Waals surface area (Å²) in [5.41, 5.74) is -0.212. The van der Waals surface area contributed by atoms with Crippen molar-refractivity contribution in [2.75, 3.05) is 26.8 Å². The highest BCUT2D eigenvalue weighted by Gasteiger charge is 2.47. The summed E-state index contributed by atoms with van der Waals surface area (Å²) in [6.07, 6.45) is 0. The number of carboxylic acids is 1. The molecular formula is C12H20N2O4. The van der Waals surface area contributed by atoms with Crippen LogP contribution in [0.25, 0.3) is 0 Å². The van der Waals surface area contributed by atoms with E-state index in [1.165, 1.54) is 4.90 Å². The Balaban J connectivity index is 2.64. The molecule has 0 spiro atoms. The second-order valence-electron chi connectivity index (χ2n) is 5.05. The first kappa shape index (κ1) is 14.5. The summed E-state index contributed by atoms with van der Waals surface area (Å²) in [7, 11) is 1.64. The van der Waals surface area contributed by atoms with Gasteiger partial charge in [-0.3, -0.25) is 4.79 Å². The zero-order chi connectivity index (χ0) is 13.9. The number of rotatable bonds is 4. The normalized spacial score (nSPS) is 26.7. The van der Waals surface area contributed by atoms with Crippen molar-refractivity contribution in [2.24, 2.45) is 5.41 Å². The molecule has 2 unspecified atom stereocenters. The van der Waals surface area contributed by atoms with Crippen molar-refractivity contribution in [3.8, 4) is 0 Å². The van der Waals surface area contributed by atoms with E-state index >= 15 is 0 Å². The molecule has 102 valence electrons. The van der Waals surface area contributed by atoms with Crippen molar-refractivity contribution in [3.63, 3.8) is 0 Å². The van der Waals surface area contributed by atoms with Crippen LogP contribution in [0.15, 0.2) is 12.2 Å². The van der Waals surface area contributed by atoms with Crippen LogP contribution in [-0.4, -0.2) is 54.9 Å². The second kappa shape index (κ2) is 5.39. The van der Waals surface area contributed by atoms with Crippen molar-refractivity contribution in [3.05, 3.63) is 12.2 Å². The molecule has 1 aliphatic rings. The van der Waals surface area contributed by atoms with E-state index in [9.17, 15) is 14.7 Å². The highest BCUT2D eigenvalue weighted by atomic mass is 16.5. The third-order valence-electron chi connectivity index (χ3n) is 3.10. The van der Waals surface area contributed by atoms with Gasteiger partial charge < -0.3 is 20.1 Å². The number of likely N-dealkylation sites (N-methyl/N-ethyl adjacent to an activating group) is 1. The number of urea groups is 1. The van der Waals surface area contributed by atoms with Crippen LogP contribution in [0, 0.1) is 5.41 Å². The van der Waals surface area contributed by atoms with Crippen LogP contribution in [0.1, 0.15) is 13.8 Å². The number of hydrogen-bond acceptors (Lipinski definition) is 3. The molecule has 1 fully saturated rings. The maximum atomic E-state index is 11.9. The predicted octanol–water partition coefficient (Wildman–Crippen LogP) is 0.694. The molecule has 2 amide bonds. The maximum Gasteiger partial charge on any atom is 0.317 e. The number of hydrogen-bond donors (Lipinski definition) is 2. The topological polar surface area (TPSA) is 78.9 Å². The summed E-state index contributed by atoms with van der Waals surface area (Å²) < 4.78 is 5.16. The Bertz CT molecular complexity index is 369. The number of carbonyl (C=O) groups is 2. The summed E-state index contributed by atoms with van der Waals surface area (Å²) in [5, 5.41) is 11.9. The molecule has 1 aliphatic heterocycles. The average molecular weight is 256 g/mol. The fraction of sp³-hybridized carbons (Fsp3) is 0.667. The van der Waals surface area contributed by atoms with E-state index in [4.69, 9.17) is 4.74 Å². The van der Waals surface area contributed by atoms with E-state index in [0.717, 1.165) is 5.57 Å². The van der Waals surface area contributed by atoms with E-state index in [0.29, 0.717) is 6.54 Å². The van der Waals surface area contributed by atoms with Crippen LogP contribution in [0.3, 0.4) is 0 Å². The fourth-order valence-corrected chi connectivity index (χ4v) is 1.82. The van der Waals surface area contributed by atoms with Crippen LogP contribution >= 0.6 is 0 Å². The number of carboxylic acid groups (broad SMARTS) is 1. The number of aliphatic carboxylic acids is 1. The summed E-state index contributed by atoms with van der Waals surface area (Å²) in [6, 6.07) is -0.837. The molecule has 0 aliphatic carbocycles. The molecule has 18 heavy (non-hydrogen) atoms. The van der Waals surface area contributed by atoms with Crippen LogP contribution in [0.4, 0.5) is 4.79 Å². The highest BCUT2D eigenvalue weighted by molar-refractivity contribution is 5.79. The Morgan fingerprint density at radius 2 is 2.22 bits per heavy atom. The van der Waals surface area contributed by atoms with Crippen LogP contribution in [0.2, 0.25) is 0 Å². The number of carbonyl (C=O) groups excluding carboxylic acids is 1. The Morgan fingerprint density at radius 3 is 2.72 bits per heavy atom. The van der Waals surface area contributed by atoms with Gasteiger partial charge in [0.15, 0.2) is 0 Å². The quantitative estimate of drug-likeness (QED) is 0.725. The van der Waals surface area contributed by atoms with Crippen molar-refractivity contribution in [1.82, 2.24) is 10.2 Å². The molecular weight excluding hydrogens is 236 g/mol. The van der Waals surface area contributed by atoms with Crippen molar-refractivity contribution >= 4 is 12.0 Å². The first-order valence-electron chi connectivity index (χ1n) is 5.74. The fourth-order valence-electron chi connectivity index (χ4n) is 1.82. The lowest BCUT2D eigenvalue weighted by Crippen LogP contribution is -2.52. The molecule has 0 saturated carbocycles. The van der Waals surface area contributed by atoms with Gasteiger partial charge in [0.1, 0.15) is 5.41 Å². The number of nitrogens with one attached hydrogen (secondary N) is 1. The van der Waals surface area contributed by atoms with Gasteiger partial charge in [-0.2, -0.15) is 0 Å². The van der Waals surface area contributed by atoms with E-state index < -0.39 is 17.4 Å². The second-order valence-corrected chi connectivity index (χ2v) is 5.05. The average Bonchev–Trinajstić information content (AvgIpc) is 2.60. The zero-order valence-corrected chi connectivity index (χ0v) is 11.0. The van der Waals surface area contributed by atoms with Gasteiger partial charge in [0, 0.05) is 13.6 Å². The summed E-state index contributed by atoms with van der Waals surface area (Å²) >= 11 is 0. The van der Waals surface area contributed by atoms with Gasteiger partial charge >= 0.3 is 12.0 Å². The molecule has 0 bridgehead atoms. The maximum absolute atomic E-state index is 11.9. The summed E-state index contributed by atoms with van der Waals surface area (Å²) in [4.78, 5) is 24.5. The molecule has 1 heterocycles. The largest absolute Gasteiger partial charge is 0.481 e. The van der Waals surface area contributed by atoms with E-state index in [-0.39, 0.29) is 19.2 Å². The number of ether oxygens (including phenoxy) is 1. The van der Waals surface area contributed by atoms with E-state index in [1.54, 1.807) is 14.0 Å². The molecule has 0 aromatic heterocycles. The van der Waals surface area contributed by atoms with Crippen LogP contribution in [-0.2, 0) is 9.53 Å². The van der Waals surface area contributed by atoms with Gasteiger partial charge in [-0.15, -0.1) is 0 Å². The lowest BCUT2D eigenvalue weighted by molar-refractivity contribution is -0.148. The lowest BCUT2D eigenvalue weighted by Gasteiger charge is -2.28. The van der Waals surface area contributed by atoms with Crippen LogP contribution < -0.4 is 5.32 Å². The van der Waals surface area contributed by atoms with Crippen molar-refractivity contribution in [1.29, 1.82) is 0 Å². The predicted molar refractivity (Wildman–Crippen MR) is 66.3 cm³/mol. The van der Waals surface area contributed by atoms with Gasteiger partial charge in [0.25, 0.3) is 0 Å². The molecule has 1 saturated heterocycles. The minimum atomic E-state index is -1.07. The van der Waals surface area contributed by atoms with E-state index in [2.05, 4.69) is 11.9 Å². The SMILES string of the molecule is C=C(C)CN(C)C(=O)NC1COCC1(C)C(=O)O. The highest BCUT2D eigenvalue weighted by Crippen LogP contribution is 2.28. The Labute approximate surface area is 107 Å².